The number of carbonyl (C=O) groups is 1. The number of pyridine rings is 1. The van der Waals surface area contributed by atoms with Crippen LogP contribution >= 0.6 is 11.3 Å². The van der Waals surface area contributed by atoms with E-state index in [1.54, 1.807) is 7.11 Å². The first-order valence-corrected chi connectivity index (χ1v) is 12.3. The number of nitrogens with one attached hydrogen (secondary N) is 1. The lowest BCUT2D eigenvalue weighted by atomic mass is 10.1. The maximum atomic E-state index is 13.4. The molecule has 36 heavy (non-hydrogen) atoms. The monoisotopic (exact) mass is 493 g/mol. The van der Waals surface area contributed by atoms with Gasteiger partial charge in [-0.2, -0.15) is 0 Å². The SMILES string of the molecule is COc1ccc(-c2cn3c(C)c(C(=O)Nc4ccccc4-c4cn5cccc(C)c5n4)sc3n2)cc1. The third-order valence-electron chi connectivity index (χ3n) is 6.28. The third kappa shape index (κ3) is 3.72. The Morgan fingerprint density at radius 2 is 1.75 bits per heavy atom. The van der Waals surface area contributed by atoms with Crippen LogP contribution in [0.4, 0.5) is 5.69 Å². The van der Waals surface area contributed by atoms with Crippen molar-refractivity contribution in [2.45, 2.75) is 13.8 Å². The fraction of sp³-hybridized carbons (Fsp3) is 0.107. The minimum atomic E-state index is -0.165. The number of nitrogens with zero attached hydrogens (tertiary/aromatic N) is 4. The number of aryl methyl sites for hydroxylation is 2. The van der Waals surface area contributed by atoms with Gasteiger partial charge in [-0.05, 0) is 55.8 Å². The predicted octanol–water partition coefficient (Wildman–Crippen LogP) is 6.26. The van der Waals surface area contributed by atoms with E-state index in [1.165, 1.54) is 11.3 Å². The van der Waals surface area contributed by atoms with Crippen LogP contribution in [0.5, 0.6) is 5.75 Å². The Morgan fingerprint density at radius 1 is 0.944 bits per heavy atom. The molecule has 0 unspecified atom stereocenters. The molecule has 0 saturated heterocycles. The van der Waals surface area contributed by atoms with E-state index in [0.717, 1.165) is 50.1 Å². The summed E-state index contributed by atoms with van der Waals surface area (Å²) in [6, 6.07) is 19.6. The van der Waals surface area contributed by atoms with Gasteiger partial charge in [0.1, 0.15) is 16.3 Å². The molecule has 0 aliphatic heterocycles. The van der Waals surface area contributed by atoms with E-state index in [2.05, 4.69) is 5.32 Å². The van der Waals surface area contributed by atoms with Crippen LogP contribution in [0.15, 0.2) is 79.3 Å². The molecule has 0 radical (unpaired) electrons. The summed E-state index contributed by atoms with van der Waals surface area (Å²) in [6.45, 7) is 3.98. The van der Waals surface area contributed by atoms with Gasteiger partial charge < -0.3 is 14.5 Å². The van der Waals surface area contributed by atoms with Gasteiger partial charge in [-0.25, -0.2) is 9.97 Å². The summed E-state index contributed by atoms with van der Waals surface area (Å²) in [6.07, 6.45) is 5.93. The Morgan fingerprint density at radius 3 is 2.50 bits per heavy atom. The number of aromatic nitrogens is 4. The van der Waals surface area contributed by atoms with Crippen molar-refractivity contribution in [1.82, 2.24) is 18.8 Å². The van der Waals surface area contributed by atoms with Gasteiger partial charge in [-0.3, -0.25) is 9.20 Å². The van der Waals surface area contributed by atoms with Gasteiger partial charge in [0.15, 0.2) is 4.96 Å². The maximum absolute atomic E-state index is 13.4. The van der Waals surface area contributed by atoms with E-state index < -0.39 is 0 Å². The van der Waals surface area contributed by atoms with Gasteiger partial charge in [-0.15, -0.1) is 0 Å². The van der Waals surface area contributed by atoms with Gasteiger partial charge in [0.2, 0.25) is 0 Å². The van der Waals surface area contributed by atoms with Crippen LogP contribution in [-0.4, -0.2) is 31.8 Å². The second-order valence-corrected chi connectivity index (χ2v) is 9.55. The number of anilines is 1. The van der Waals surface area contributed by atoms with Crippen LogP contribution in [0.3, 0.4) is 0 Å². The smallest absolute Gasteiger partial charge is 0.267 e. The average Bonchev–Trinajstić information content (AvgIpc) is 3.59. The van der Waals surface area contributed by atoms with E-state index in [9.17, 15) is 4.79 Å². The first-order chi connectivity index (χ1) is 17.5. The van der Waals surface area contributed by atoms with Crippen LogP contribution in [0.1, 0.15) is 20.9 Å². The number of hydrogen-bond acceptors (Lipinski definition) is 5. The summed E-state index contributed by atoms with van der Waals surface area (Å²) in [5.74, 6) is 0.635. The zero-order valence-corrected chi connectivity index (χ0v) is 20.8. The molecule has 0 saturated carbocycles. The number of benzene rings is 2. The second-order valence-electron chi connectivity index (χ2n) is 8.57. The van der Waals surface area contributed by atoms with Crippen LogP contribution in [0.2, 0.25) is 0 Å². The molecule has 4 aromatic heterocycles. The number of imidazole rings is 2. The Labute approximate surface area is 211 Å². The minimum absolute atomic E-state index is 0.165. The lowest BCUT2D eigenvalue weighted by Crippen LogP contribution is -2.12. The number of carbonyl (C=O) groups excluding carboxylic acids is 1. The Balaban J connectivity index is 1.30. The maximum Gasteiger partial charge on any atom is 0.267 e. The first-order valence-electron chi connectivity index (χ1n) is 11.5. The number of ether oxygens (including phenoxy) is 1. The molecular weight excluding hydrogens is 470 g/mol. The Hall–Kier alpha value is -4.43. The summed E-state index contributed by atoms with van der Waals surface area (Å²) in [4.78, 5) is 24.3. The molecule has 1 N–H and O–H groups in total. The van der Waals surface area contributed by atoms with Crippen molar-refractivity contribution in [3.63, 3.8) is 0 Å². The topological polar surface area (TPSA) is 72.9 Å². The Bertz CT molecular complexity index is 1740. The molecular formula is C28H23N5O2S. The lowest BCUT2D eigenvalue weighted by Gasteiger charge is -2.09. The number of fused-ring (bicyclic) bond motifs is 2. The van der Waals surface area contributed by atoms with Crippen LogP contribution in [-0.2, 0) is 0 Å². The summed E-state index contributed by atoms with van der Waals surface area (Å²) in [5, 5.41) is 3.10. The largest absolute Gasteiger partial charge is 0.497 e. The summed E-state index contributed by atoms with van der Waals surface area (Å²) >= 11 is 1.38. The molecule has 6 aromatic rings. The molecule has 8 heteroatoms. The summed E-state index contributed by atoms with van der Waals surface area (Å²) in [5.41, 5.74) is 7.08. The predicted molar refractivity (Wildman–Crippen MR) is 143 cm³/mol. The fourth-order valence-electron chi connectivity index (χ4n) is 4.34. The quantitative estimate of drug-likeness (QED) is 0.308. The van der Waals surface area contributed by atoms with E-state index in [-0.39, 0.29) is 5.91 Å². The highest BCUT2D eigenvalue weighted by molar-refractivity contribution is 7.19. The summed E-state index contributed by atoms with van der Waals surface area (Å²) in [7, 11) is 1.65. The molecule has 0 atom stereocenters. The molecule has 0 bridgehead atoms. The fourth-order valence-corrected chi connectivity index (χ4v) is 5.34. The minimum Gasteiger partial charge on any atom is -0.497 e. The number of para-hydroxylation sites is 1. The number of thiazole rings is 1. The molecule has 4 heterocycles. The molecule has 0 spiro atoms. The van der Waals surface area contributed by atoms with Crippen molar-refractivity contribution in [2.24, 2.45) is 0 Å². The van der Waals surface area contributed by atoms with Crippen molar-refractivity contribution < 1.29 is 9.53 Å². The number of methoxy groups -OCH3 is 1. The highest BCUT2D eigenvalue weighted by Crippen LogP contribution is 2.31. The number of amides is 1. The van der Waals surface area contributed by atoms with Gasteiger partial charge in [0, 0.05) is 35.4 Å². The van der Waals surface area contributed by atoms with Crippen LogP contribution < -0.4 is 10.1 Å². The molecule has 6 rings (SSSR count). The van der Waals surface area contributed by atoms with E-state index >= 15 is 0 Å². The van der Waals surface area contributed by atoms with E-state index in [1.807, 2.05) is 102 Å². The van der Waals surface area contributed by atoms with Crippen molar-refractivity contribution in [3.8, 4) is 28.3 Å². The van der Waals surface area contributed by atoms with Crippen molar-refractivity contribution in [1.29, 1.82) is 0 Å². The van der Waals surface area contributed by atoms with Crippen molar-refractivity contribution in [2.75, 3.05) is 12.4 Å². The molecule has 0 fully saturated rings. The molecule has 1 amide bonds. The molecule has 0 aliphatic carbocycles. The van der Waals surface area contributed by atoms with E-state index in [0.29, 0.717) is 10.6 Å². The van der Waals surface area contributed by atoms with Crippen molar-refractivity contribution >= 4 is 33.5 Å². The van der Waals surface area contributed by atoms with Gasteiger partial charge in [0.25, 0.3) is 5.91 Å². The molecule has 7 nitrogen and oxygen atoms in total. The highest BCUT2D eigenvalue weighted by Gasteiger charge is 2.20. The van der Waals surface area contributed by atoms with Crippen molar-refractivity contribution in [3.05, 3.63) is 95.4 Å². The second kappa shape index (κ2) is 8.66. The normalized spacial score (nSPS) is 11.3. The van der Waals surface area contributed by atoms with E-state index in [4.69, 9.17) is 14.7 Å². The van der Waals surface area contributed by atoms with Gasteiger partial charge in [-0.1, -0.05) is 35.6 Å². The molecule has 178 valence electrons. The zero-order valence-electron chi connectivity index (χ0n) is 20.0. The average molecular weight is 494 g/mol. The third-order valence-corrected chi connectivity index (χ3v) is 7.43. The summed E-state index contributed by atoms with van der Waals surface area (Å²) < 4.78 is 9.21. The van der Waals surface area contributed by atoms with Gasteiger partial charge in [0.05, 0.1) is 24.2 Å². The first kappa shape index (κ1) is 22.1. The van der Waals surface area contributed by atoms with Gasteiger partial charge >= 0.3 is 0 Å². The van der Waals surface area contributed by atoms with Crippen LogP contribution in [0, 0.1) is 13.8 Å². The van der Waals surface area contributed by atoms with Crippen LogP contribution in [0.25, 0.3) is 33.1 Å². The highest BCUT2D eigenvalue weighted by atomic mass is 32.1. The number of hydrogen-bond donors (Lipinski definition) is 1. The zero-order chi connectivity index (χ0) is 24.8. The lowest BCUT2D eigenvalue weighted by molar-refractivity contribution is 0.102. The Kier molecular flexibility index (Phi) is 5.30. The molecule has 2 aromatic carbocycles. The standard InChI is InChI=1S/C28H23N5O2S/c1-17-7-6-14-32-15-24(29-26(17)32)21-8-4-5-9-22(21)30-27(34)25-18(2)33-16-23(31-28(33)36-25)19-10-12-20(35-3)13-11-19/h4-16H,1-3H3,(H,30,34). The molecule has 0 aliphatic rings. The number of rotatable bonds is 5.